The van der Waals surface area contributed by atoms with Crippen molar-refractivity contribution >= 4 is 17.4 Å². The number of rotatable bonds is 8. The van der Waals surface area contributed by atoms with E-state index in [1.807, 2.05) is 0 Å². The zero-order chi connectivity index (χ0) is 8.36. The molecular formula is C11H27Al. The van der Waals surface area contributed by atoms with Gasteiger partial charge in [0.15, 0.2) is 17.4 Å². The highest BCUT2D eigenvalue weighted by Gasteiger charge is 1.88. The summed E-state index contributed by atoms with van der Waals surface area (Å²) in [5.41, 5.74) is 0. The van der Waals surface area contributed by atoms with Crippen molar-refractivity contribution < 1.29 is 0 Å². The van der Waals surface area contributed by atoms with Crippen LogP contribution in [0, 0.1) is 0 Å². The highest BCUT2D eigenvalue weighted by molar-refractivity contribution is 5.75. The largest absolute Gasteiger partial charge is 0.187 e. The van der Waals surface area contributed by atoms with Gasteiger partial charge in [-0.2, -0.15) is 0 Å². The third-order valence-corrected chi connectivity index (χ3v) is 2.21. The molecule has 0 bridgehead atoms. The van der Waals surface area contributed by atoms with E-state index < -0.39 is 0 Å². The van der Waals surface area contributed by atoms with Crippen LogP contribution in [-0.2, 0) is 0 Å². The molecule has 0 atom stereocenters. The molecule has 74 valence electrons. The molecule has 0 aliphatic carbocycles. The van der Waals surface area contributed by atoms with Gasteiger partial charge in [-0.15, -0.1) is 0 Å². The maximum atomic E-state index is 2.27. The van der Waals surface area contributed by atoms with E-state index in [-0.39, 0.29) is 17.4 Å². The molecule has 0 aliphatic heterocycles. The van der Waals surface area contributed by atoms with E-state index in [9.17, 15) is 0 Å². The Morgan fingerprint density at radius 3 is 1.00 bits per heavy atom. The highest BCUT2D eigenvalue weighted by atomic mass is 27.0. The second-order valence-corrected chi connectivity index (χ2v) is 3.47. The zero-order valence-electron chi connectivity index (χ0n) is 8.36. The van der Waals surface area contributed by atoms with Crippen molar-refractivity contribution in [2.45, 2.75) is 71.6 Å². The minimum absolute atomic E-state index is 0. The van der Waals surface area contributed by atoms with Gasteiger partial charge in [-0.05, 0) is 0 Å². The molecule has 0 heterocycles. The molecule has 0 aromatic carbocycles. The lowest BCUT2D eigenvalue weighted by Crippen LogP contribution is -1.79. The molecule has 0 aliphatic rings. The molecule has 1 heteroatoms. The number of hydrogen-bond donors (Lipinski definition) is 0. The summed E-state index contributed by atoms with van der Waals surface area (Å²) in [6, 6.07) is 0. The van der Waals surface area contributed by atoms with E-state index in [0.717, 1.165) is 0 Å². The molecule has 0 amide bonds. The van der Waals surface area contributed by atoms with Crippen LogP contribution in [0.15, 0.2) is 0 Å². The van der Waals surface area contributed by atoms with E-state index in [2.05, 4.69) is 13.8 Å². The Morgan fingerprint density at radius 2 is 0.750 bits per heavy atom. The van der Waals surface area contributed by atoms with Crippen LogP contribution in [0.2, 0.25) is 0 Å². The average Bonchev–Trinajstić information content (AvgIpc) is 2.03. The second-order valence-electron chi connectivity index (χ2n) is 3.47. The van der Waals surface area contributed by atoms with Crippen molar-refractivity contribution in [3.05, 3.63) is 0 Å². The molecular weight excluding hydrogens is 159 g/mol. The van der Waals surface area contributed by atoms with Gasteiger partial charge < -0.3 is 0 Å². The normalized spacial score (nSPS) is 9.50. The summed E-state index contributed by atoms with van der Waals surface area (Å²) in [4.78, 5) is 0. The highest BCUT2D eigenvalue weighted by Crippen LogP contribution is 2.08. The summed E-state index contributed by atoms with van der Waals surface area (Å²) in [6.07, 6.45) is 13.0. The number of hydrogen-bond acceptors (Lipinski definition) is 0. The first-order chi connectivity index (χ1) is 5.41. The topological polar surface area (TPSA) is 0 Å². The first-order valence-corrected chi connectivity index (χ1v) is 5.41. The minimum atomic E-state index is 0. The molecule has 0 nitrogen and oxygen atoms in total. The lowest BCUT2D eigenvalue weighted by molar-refractivity contribution is 0.572. The molecule has 0 saturated carbocycles. The van der Waals surface area contributed by atoms with Crippen LogP contribution in [-0.4, -0.2) is 17.4 Å². The summed E-state index contributed by atoms with van der Waals surface area (Å²) in [6.45, 7) is 4.55. The predicted molar refractivity (Wildman–Crippen MR) is 62.8 cm³/mol. The van der Waals surface area contributed by atoms with E-state index in [4.69, 9.17) is 0 Å². The molecule has 0 rings (SSSR count). The van der Waals surface area contributed by atoms with Gasteiger partial charge in [0.1, 0.15) is 0 Å². The summed E-state index contributed by atoms with van der Waals surface area (Å²) >= 11 is 0. The van der Waals surface area contributed by atoms with Gasteiger partial charge in [0.2, 0.25) is 0 Å². The van der Waals surface area contributed by atoms with Gasteiger partial charge >= 0.3 is 0 Å². The molecule has 0 aromatic rings. The molecule has 0 radical (unpaired) electrons. The van der Waals surface area contributed by atoms with Crippen molar-refractivity contribution in [1.29, 1.82) is 0 Å². The van der Waals surface area contributed by atoms with E-state index >= 15 is 0 Å². The van der Waals surface area contributed by atoms with Crippen LogP contribution in [0.3, 0.4) is 0 Å². The lowest BCUT2D eigenvalue weighted by Gasteiger charge is -1.98. The summed E-state index contributed by atoms with van der Waals surface area (Å²) in [5, 5.41) is 0. The molecule has 12 heavy (non-hydrogen) atoms. The Hall–Kier alpha value is 0.532. The van der Waals surface area contributed by atoms with E-state index in [1.165, 1.54) is 57.8 Å². The van der Waals surface area contributed by atoms with Crippen molar-refractivity contribution in [3.8, 4) is 0 Å². The molecule has 0 saturated heterocycles. The Balaban J connectivity index is 0. The van der Waals surface area contributed by atoms with Crippen LogP contribution < -0.4 is 0 Å². The van der Waals surface area contributed by atoms with Gasteiger partial charge in [-0.3, -0.25) is 0 Å². The Labute approximate surface area is 89.3 Å². The number of unbranched alkanes of at least 4 members (excludes halogenated alkanes) is 8. The SMILES string of the molecule is CCCCCCCCCCC.[AlH3]. The third kappa shape index (κ3) is 13.1. The minimum Gasteiger partial charge on any atom is -0.0654 e. The summed E-state index contributed by atoms with van der Waals surface area (Å²) < 4.78 is 0. The molecule has 0 unspecified atom stereocenters. The van der Waals surface area contributed by atoms with Crippen molar-refractivity contribution in [2.75, 3.05) is 0 Å². The fraction of sp³-hybridized carbons (Fsp3) is 1.00. The molecule has 0 N–H and O–H groups in total. The fourth-order valence-electron chi connectivity index (χ4n) is 1.38. The van der Waals surface area contributed by atoms with Crippen molar-refractivity contribution in [3.63, 3.8) is 0 Å². The van der Waals surface area contributed by atoms with Crippen molar-refractivity contribution in [1.82, 2.24) is 0 Å². The monoisotopic (exact) mass is 186 g/mol. The fourth-order valence-corrected chi connectivity index (χ4v) is 1.38. The van der Waals surface area contributed by atoms with Crippen LogP contribution in [0.25, 0.3) is 0 Å². The lowest BCUT2D eigenvalue weighted by atomic mass is 10.1. The Morgan fingerprint density at radius 1 is 0.500 bits per heavy atom. The van der Waals surface area contributed by atoms with Crippen molar-refractivity contribution in [2.24, 2.45) is 0 Å². The van der Waals surface area contributed by atoms with Crippen LogP contribution in [0.5, 0.6) is 0 Å². The standard InChI is InChI=1S/C11H24.Al.3H/c1-3-5-7-9-11-10-8-6-4-2;;;;/h3-11H2,1-2H3;;;;. The summed E-state index contributed by atoms with van der Waals surface area (Å²) in [7, 11) is 0. The van der Waals surface area contributed by atoms with Gasteiger partial charge in [0, 0.05) is 0 Å². The van der Waals surface area contributed by atoms with Gasteiger partial charge in [-0.25, -0.2) is 0 Å². The first-order valence-electron chi connectivity index (χ1n) is 5.41. The second kappa shape index (κ2) is 14.1. The van der Waals surface area contributed by atoms with E-state index in [1.54, 1.807) is 0 Å². The maximum Gasteiger partial charge on any atom is 0.187 e. The van der Waals surface area contributed by atoms with Crippen LogP contribution >= 0.6 is 0 Å². The Bertz CT molecular complexity index is 54.0. The molecule has 0 spiro atoms. The van der Waals surface area contributed by atoms with E-state index in [0.29, 0.717) is 0 Å². The maximum absolute atomic E-state index is 2.27. The summed E-state index contributed by atoms with van der Waals surface area (Å²) in [5.74, 6) is 0. The molecule has 0 fully saturated rings. The average molecular weight is 186 g/mol. The van der Waals surface area contributed by atoms with Crippen LogP contribution in [0.4, 0.5) is 0 Å². The predicted octanol–water partition coefficient (Wildman–Crippen LogP) is 3.35. The smallest absolute Gasteiger partial charge is 0.0654 e. The molecule has 0 aromatic heterocycles. The first kappa shape index (κ1) is 15.0. The van der Waals surface area contributed by atoms with Gasteiger partial charge in [0.05, 0.1) is 0 Å². The van der Waals surface area contributed by atoms with Crippen LogP contribution in [0.1, 0.15) is 71.6 Å². The van der Waals surface area contributed by atoms with Gasteiger partial charge in [-0.1, -0.05) is 71.6 Å². The zero-order valence-corrected chi connectivity index (χ0v) is 8.36. The Kier molecular flexibility index (Phi) is 17.6. The third-order valence-electron chi connectivity index (χ3n) is 2.21. The van der Waals surface area contributed by atoms with Gasteiger partial charge in [0.25, 0.3) is 0 Å². The quantitative estimate of drug-likeness (QED) is 0.403.